The van der Waals surface area contributed by atoms with Gasteiger partial charge in [-0.05, 0) is 48.5 Å². The largest absolute Gasteiger partial charge is 0.378 e. The molecule has 3 aromatic rings. The highest BCUT2D eigenvalue weighted by Crippen LogP contribution is 2.24. The fourth-order valence-electron chi connectivity index (χ4n) is 2.67. The first kappa shape index (κ1) is 20.6. The molecule has 0 bridgehead atoms. The lowest BCUT2D eigenvalue weighted by Gasteiger charge is -2.13. The van der Waals surface area contributed by atoms with Gasteiger partial charge in [0.05, 0.1) is 5.75 Å². The molecule has 0 saturated heterocycles. The van der Waals surface area contributed by atoms with Crippen molar-refractivity contribution in [1.29, 1.82) is 0 Å². The zero-order valence-corrected chi connectivity index (χ0v) is 17.1. The van der Waals surface area contributed by atoms with Gasteiger partial charge < -0.3 is 10.2 Å². The van der Waals surface area contributed by atoms with Crippen LogP contribution in [0.25, 0.3) is 11.4 Å². The summed E-state index contributed by atoms with van der Waals surface area (Å²) in [6.07, 6.45) is 1.73. The Morgan fingerprint density at radius 2 is 1.86 bits per heavy atom. The van der Waals surface area contributed by atoms with Gasteiger partial charge in [-0.25, -0.2) is 4.39 Å². The molecule has 0 spiro atoms. The molecule has 0 atom stereocenters. The maximum Gasteiger partial charge on any atom is 0.234 e. The standard InChI is InChI=1S/C21H22FN5OS/c1-4-13-27-20(15-5-7-16(22)8-6-15)24-25-21(27)29-14-19(28)23-17-9-11-18(12-10-17)26(2)3/h4-12H,1,13-14H2,2-3H3,(H,23,28). The predicted octanol–water partition coefficient (Wildman–Crippen LogP) is 4.07. The monoisotopic (exact) mass is 411 g/mol. The number of benzene rings is 2. The van der Waals surface area contributed by atoms with Gasteiger partial charge in [0.15, 0.2) is 11.0 Å². The van der Waals surface area contributed by atoms with Gasteiger partial charge in [0.2, 0.25) is 5.91 Å². The van der Waals surface area contributed by atoms with Crippen molar-refractivity contribution >= 4 is 29.0 Å². The second kappa shape index (κ2) is 9.38. The summed E-state index contributed by atoms with van der Waals surface area (Å²) in [5, 5.41) is 11.9. The molecule has 29 heavy (non-hydrogen) atoms. The third-order valence-electron chi connectivity index (χ3n) is 4.13. The van der Waals surface area contributed by atoms with Crippen molar-refractivity contribution in [3.8, 4) is 11.4 Å². The van der Waals surface area contributed by atoms with E-state index in [0.29, 0.717) is 17.5 Å². The molecular formula is C21H22FN5OS. The molecule has 150 valence electrons. The van der Waals surface area contributed by atoms with Crippen LogP contribution in [-0.4, -0.2) is 40.5 Å². The normalized spacial score (nSPS) is 10.6. The van der Waals surface area contributed by atoms with Crippen LogP contribution in [0.2, 0.25) is 0 Å². The first-order chi connectivity index (χ1) is 14.0. The van der Waals surface area contributed by atoms with Crippen LogP contribution in [0.5, 0.6) is 0 Å². The number of nitrogens with one attached hydrogen (secondary N) is 1. The number of hydrogen-bond donors (Lipinski definition) is 1. The van der Waals surface area contributed by atoms with E-state index in [4.69, 9.17) is 0 Å². The van der Waals surface area contributed by atoms with E-state index in [1.165, 1.54) is 23.9 Å². The average Bonchev–Trinajstić information content (AvgIpc) is 3.10. The fourth-order valence-corrected chi connectivity index (χ4v) is 3.42. The number of thioether (sulfide) groups is 1. The van der Waals surface area contributed by atoms with E-state index in [-0.39, 0.29) is 17.5 Å². The maximum atomic E-state index is 13.2. The van der Waals surface area contributed by atoms with Crippen LogP contribution < -0.4 is 10.2 Å². The first-order valence-electron chi connectivity index (χ1n) is 8.98. The Morgan fingerprint density at radius 1 is 1.17 bits per heavy atom. The predicted molar refractivity (Wildman–Crippen MR) is 116 cm³/mol. The zero-order valence-electron chi connectivity index (χ0n) is 16.3. The number of rotatable bonds is 8. The van der Waals surface area contributed by atoms with Crippen LogP contribution in [-0.2, 0) is 11.3 Å². The van der Waals surface area contributed by atoms with E-state index in [2.05, 4.69) is 22.1 Å². The summed E-state index contributed by atoms with van der Waals surface area (Å²) in [5.41, 5.74) is 2.54. The number of allylic oxidation sites excluding steroid dienone is 1. The van der Waals surface area contributed by atoms with E-state index in [9.17, 15) is 9.18 Å². The molecule has 1 N–H and O–H groups in total. The lowest BCUT2D eigenvalue weighted by atomic mass is 10.2. The van der Waals surface area contributed by atoms with Gasteiger partial charge in [0.25, 0.3) is 0 Å². The lowest BCUT2D eigenvalue weighted by Crippen LogP contribution is -2.15. The molecule has 0 aliphatic rings. The van der Waals surface area contributed by atoms with Gasteiger partial charge in [0.1, 0.15) is 5.82 Å². The molecule has 2 aromatic carbocycles. The molecule has 3 rings (SSSR count). The second-order valence-electron chi connectivity index (χ2n) is 6.49. The second-order valence-corrected chi connectivity index (χ2v) is 7.43. The molecule has 0 aliphatic heterocycles. The number of amides is 1. The minimum absolute atomic E-state index is 0.135. The number of carbonyl (C=O) groups excluding carboxylic acids is 1. The summed E-state index contributed by atoms with van der Waals surface area (Å²) in [6.45, 7) is 4.25. The van der Waals surface area contributed by atoms with Crippen LogP contribution >= 0.6 is 11.8 Å². The van der Waals surface area contributed by atoms with Crippen LogP contribution in [0.15, 0.2) is 66.3 Å². The van der Waals surface area contributed by atoms with Crippen molar-refractivity contribution in [3.05, 3.63) is 67.0 Å². The number of nitrogens with zero attached hydrogens (tertiary/aromatic N) is 4. The van der Waals surface area contributed by atoms with Crippen LogP contribution in [0, 0.1) is 5.82 Å². The van der Waals surface area contributed by atoms with E-state index in [0.717, 1.165) is 16.9 Å². The Bertz CT molecular complexity index is 983. The van der Waals surface area contributed by atoms with Crippen molar-refractivity contribution in [2.45, 2.75) is 11.7 Å². The molecule has 1 aromatic heterocycles. The third-order valence-corrected chi connectivity index (χ3v) is 5.10. The number of carbonyl (C=O) groups is 1. The SMILES string of the molecule is C=CCn1c(SCC(=O)Nc2ccc(N(C)C)cc2)nnc1-c1ccc(F)cc1. The molecule has 8 heteroatoms. The lowest BCUT2D eigenvalue weighted by molar-refractivity contribution is -0.113. The van der Waals surface area contributed by atoms with Gasteiger partial charge in [-0.1, -0.05) is 17.8 Å². The van der Waals surface area contributed by atoms with Crippen molar-refractivity contribution in [3.63, 3.8) is 0 Å². The third kappa shape index (κ3) is 5.23. The molecular weight excluding hydrogens is 389 g/mol. The van der Waals surface area contributed by atoms with Crippen molar-refractivity contribution < 1.29 is 9.18 Å². The van der Waals surface area contributed by atoms with Crippen molar-refractivity contribution in [2.24, 2.45) is 0 Å². The molecule has 6 nitrogen and oxygen atoms in total. The Labute approximate surface area is 173 Å². The summed E-state index contributed by atoms with van der Waals surface area (Å²) in [6, 6.07) is 13.7. The number of aromatic nitrogens is 3. The topological polar surface area (TPSA) is 63.1 Å². The van der Waals surface area contributed by atoms with Crippen LogP contribution in [0.1, 0.15) is 0 Å². The highest BCUT2D eigenvalue weighted by Gasteiger charge is 2.15. The van der Waals surface area contributed by atoms with Crippen LogP contribution in [0.4, 0.5) is 15.8 Å². The highest BCUT2D eigenvalue weighted by atomic mass is 32.2. The highest BCUT2D eigenvalue weighted by molar-refractivity contribution is 7.99. The minimum Gasteiger partial charge on any atom is -0.378 e. The van der Waals surface area contributed by atoms with Crippen LogP contribution in [0.3, 0.4) is 0 Å². The number of anilines is 2. The van der Waals surface area contributed by atoms with Crippen molar-refractivity contribution in [1.82, 2.24) is 14.8 Å². The Balaban J connectivity index is 1.67. The maximum absolute atomic E-state index is 13.2. The molecule has 0 aliphatic carbocycles. The van der Waals surface area contributed by atoms with Crippen molar-refractivity contribution in [2.75, 3.05) is 30.1 Å². The van der Waals surface area contributed by atoms with E-state index in [1.807, 2.05) is 47.8 Å². The smallest absolute Gasteiger partial charge is 0.234 e. The Hall–Kier alpha value is -3.13. The zero-order chi connectivity index (χ0) is 20.8. The van der Waals surface area contributed by atoms with E-state index in [1.54, 1.807) is 18.2 Å². The first-order valence-corrected chi connectivity index (χ1v) is 9.96. The number of hydrogen-bond acceptors (Lipinski definition) is 5. The molecule has 0 saturated carbocycles. The average molecular weight is 412 g/mol. The van der Waals surface area contributed by atoms with Gasteiger partial charge in [0, 0.05) is 37.6 Å². The Morgan fingerprint density at radius 3 is 2.48 bits per heavy atom. The molecule has 0 unspecified atom stereocenters. The summed E-state index contributed by atoms with van der Waals surface area (Å²) in [7, 11) is 3.92. The van der Waals surface area contributed by atoms with Gasteiger partial charge in [-0.3, -0.25) is 9.36 Å². The molecule has 1 amide bonds. The minimum atomic E-state index is -0.312. The summed E-state index contributed by atoms with van der Waals surface area (Å²) in [5.74, 6) is 0.346. The quantitative estimate of drug-likeness (QED) is 0.447. The van der Waals surface area contributed by atoms with Gasteiger partial charge in [-0.2, -0.15) is 0 Å². The van der Waals surface area contributed by atoms with E-state index >= 15 is 0 Å². The van der Waals surface area contributed by atoms with Gasteiger partial charge in [-0.15, -0.1) is 16.8 Å². The molecule has 0 fully saturated rings. The van der Waals surface area contributed by atoms with Gasteiger partial charge >= 0.3 is 0 Å². The number of halogens is 1. The fraction of sp³-hybridized carbons (Fsp3) is 0.190. The summed E-state index contributed by atoms with van der Waals surface area (Å²) < 4.78 is 15.0. The van der Waals surface area contributed by atoms with E-state index < -0.39 is 0 Å². The molecule has 0 radical (unpaired) electrons. The summed E-state index contributed by atoms with van der Waals surface area (Å²) in [4.78, 5) is 14.3. The Kier molecular flexibility index (Phi) is 6.66. The summed E-state index contributed by atoms with van der Waals surface area (Å²) >= 11 is 1.29. The molecule has 1 heterocycles.